The molecule has 0 unspecified atom stereocenters. The van der Waals surface area contributed by atoms with E-state index in [9.17, 15) is 8.78 Å². The van der Waals surface area contributed by atoms with Gasteiger partial charge in [-0.2, -0.15) is 0 Å². The highest BCUT2D eigenvalue weighted by molar-refractivity contribution is 6.31. The molecule has 2 heterocycles. The van der Waals surface area contributed by atoms with Gasteiger partial charge in [0.2, 0.25) is 0 Å². The van der Waals surface area contributed by atoms with Crippen LogP contribution in [0.2, 0.25) is 5.02 Å². The monoisotopic (exact) mass is 433 g/mol. The molecule has 0 aliphatic carbocycles. The van der Waals surface area contributed by atoms with E-state index in [1.54, 1.807) is 35.1 Å². The van der Waals surface area contributed by atoms with Crippen molar-refractivity contribution in [3.8, 4) is 11.4 Å². The van der Waals surface area contributed by atoms with Crippen molar-refractivity contribution < 1.29 is 13.5 Å². The summed E-state index contributed by atoms with van der Waals surface area (Å²) in [5.74, 6) is -0.532. The third kappa shape index (κ3) is 4.45. The fraction of sp³-hybridized carbons (Fsp3) is 0.333. The van der Waals surface area contributed by atoms with E-state index in [-0.39, 0.29) is 11.6 Å². The fourth-order valence-electron chi connectivity index (χ4n) is 3.61. The Hall–Kier alpha value is -2.55. The molecule has 9 heteroatoms. The van der Waals surface area contributed by atoms with Crippen LogP contribution in [0.4, 0.5) is 8.78 Å². The topological polar surface area (TPSA) is 46.4 Å². The number of rotatable bonds is 6. The van der Waals surface area contributed by atoms with E-state index in [1.807, 2.05) is 0 Å². The Balaban J connectivity index is 1.38. The van der Waals surface area contributed by atoms with Crippen molar-refractivity contribution in [1.82, 2.24) is 24.8 Å². The van der Waals surface area contributed by atoms with Gasteiger partial charge >= 0.3 is 0 Å². The molecule has 158 valence electrons. The largest absolute Gasteiger partial charge is 0.494 e. The van der Waals surface area contributed by atoms with E-state index in [4.69, 9.17) is 16.3 Å². The number of nitrogens with zero attached hydrogens (tertiary/aromatic N) is 5. The Morgan fingerprint density at radius 2 is 1.73 bits per heavy atom. The van der Waals surface area contributed by atoms with Gasteiger partial charge in [0.1, 0.15) is 5.82 Å². The number of hydrogen-bond acceptors (Lipinski definition) is 5. The fourth-order valence-corrected chi connectivity index (χ4v) is 3.83. The second-order valence-corrected chi connectivity index (χ2v) is 7.62. The first-order valence-corrected chi connectivity index (χ1v) is 10.0. The molecule has 2 aromatic carbocycles. The summed E-state index contributed by atoms with van der Waals surface area (Å²) in [6.45, 7) is 4.34. The molecule has 0 atom stereocenters. The van der Waals surface area contributed by atoms with Crippen LogP contribution in [0.5, 0.6) is 5.75 Å². The lowest BCUT2D eigenvalue weighted by Crippen LogP contribution is -2.45. The van der Waals surface area contributed by atoms with Gasteiger partial charge in [0.15, 0.2) is 11.6 Å². The van der Waals surface area contributed by atoms with Gasteiger partial charge in [-0.3, -0.25) is 9.80 Å². The predicted octanol–water partition coefficient (Wildman–Crippen LogP) is 3.53. The first-order valence-electron chi connectivity index (χ1n) is 9.66. The minimum Gasteiger partial charge on any atom is -0.494 e. The van der Waals surface area contributed by atoms with Crippen molar-refractivity contribution in [2.45, 2.75) is 13.1 Å². The standard InChI is InChI=1S/C21H22ClF2N5O/c1-30-21-6-5-15(11-20(21)24)29-16(12-25-26-29)13-27-7-9-28(10-8-27)14-17-18(22)3-2-4-19(17)23/h2-6,11-12H,7-10,13-14H2,1H3. The lowest BCUT2D eigenvalue weighted by atomic mass is 10.2. The van der Waals surface area contributed by atoms with Crippen molar-refractivity contribution in [3.63, 3.8) is 0 Å². The van der Waals surface area contributed by atoms with Gasteiger partial charge in [-0.1, -0.05) is 22.9 Å². The summed E-state index contributed by atoms with van der Waals surface area (Å²) in [5.41, 5.74) is 2.00. The number of piperazine rings is 1. The zero-order chi connectivity index (χ0) is 21.1. The molecule has 1 aliphatic heterocycles. The SMILES string of the molecule is COc1ccc(-n2nncc2CN2CCN(Cc3c(F)cccc3Cl)CC2)cc1F. The maximum atomic E-state index is 14.1. The molecule has 3 aromatic rings. The molecule has 30 heavy (non-hydrogen) atoms. The smallest absolute Gasteiger partial charge is 0.167 e. The van der Waals surface area contributed by atoms with Gasteiger partial charge in [0.05, 0.1) is 24.7 Å². The highest BCUT2D eigenvalue weighted by Gasteiger charge is 2.21. The molecule has 1 aliphatic rings. The van der Waals surface area contributed by atoms with Gasteiger partial charge in [0.25, 0.3) is 0 Å². The maximum Gasteiger partial charge on any atom is 0.167 e. The third-order valence-corrected chi connectivity index (χ3v) is 5.65. The van der Waals surface area contributed by atoms with Gasteiger partial charge < -0.3 is 4.74 Å². The molecule has 1 saturated heterocycles. The van der Waals surface area contributed by atoms with Crippen molar-refractivity contribution in [1.29, 1.82) is 0 Å². The first kappa shape index (κ1) is 20.7. The highest BCUT2D eigenvalue weighted by atomic mass is 35.5. The van der Waals surface area contributed by atoms with Crippen molar-refractivity contribution in [3.05, 3.63) is 70.5 Å². The zero-order valence-electron chi connectivity index (χ0n) is 16.6. The van der Waals surface area contributed by atoms with Crippen LogP contribution < -0.4 is 4.74 Å². The minimum atomic E-state index is -0.447. The van der Waals surface area contributed by atoms with Crippen LogP contribution in [0.25, 0.3) is 5.69 Å². The molecule has 0 amide bonds. The van der Waals surface area contributed by atoms with E-state index in [2.05, 4.69) is 20.1 Å². The number of halogens is 3. The summed E-state index contributed by atoms with van der Waals surface area (Å²) in [6, 6.07) is 9.47. The summed E-state index contributed by atoms with van der Waals surface area (Å²) < 4.78 is 34.7. The Labute approximate surface area is 178 Å². The molecular weight excluding hydrogens is 412 g/mol. The Morgan fingerprint density at radius 1 is 1.00 bits per heavy atom. The first-order chi connectivity index (χ1) is 14.5. The summed E-state index contributed by atoms with van der Waals surface area (Å²) in [5, 5.41) is 8.55. The summed E-state index contributed by atoms with van der Waals surface area (Å²) in [7, 11) is 1.43. The summed E-state index contributed by atoms with van der Waals surface area (Å²) in [6.07, 6.45) is 1.69. The minimum absolute atomic E-state index is 0.187. The average Bonchev–Trinajstić information content (AvgIpc) is 3.20. The lowest BCUT2D eigenvalue weighted by molar-refractivity contribution is 0.119. The van der Waals surface area contributed by atoms with Gasteiger partial charge in [0, 0.05) is 55.9 Å². The van der Waals surface area contributed by atoms with E-state index in [0.717, 1.165) is 31.9 Å². The van der Waals surface area contributed by atoms with Crippen molar-refractivity contribution >= 4 is 11.6 Å². The van der Waals surface area contributed by atoms with E-state index < -0.39 is 5.82 Å². The number of methoxy groups -OCH3 is 1. The van der Waals surface area contributed by atoms with E-state index in [0.29, 0.717) is 29.4 Å². The number of benzene rings is 2. The zero-order valence-corrected chi connectivity index (χ0v) is 17.3. The normalized spacial score (nSPS) is 15.5. The van der Waals surface area contributed by atoms with E-state index in [1.165, 1.54) is 19.2 Å². The summed E-state index contributed by atoms with van der Waals surface area (Å²) in [4.78, 5) is 4.46. The van der Waals surface area contributed by atoms with Gasteiger partial charge in [-0.25, -0.2) is 13.5 Å². The molecule has 0 spiro atoms. The second-order valence-electron chi connectivity index (χ2n) is 7.21. The van der Waals surface area contributed by atoms with E-state index >= 15 is 0 Å². The van der Waals surface area contributed by atoms with Crippen LogP contribution in [0.15, 0.2) is 42.6 Å². The second kappa shape index (κ2) is 9.07. The number of hydrogen-bond donors (Lipinski definition) is 0. The van der Waals surface area contributed by atoms with Gasteiger partial charge in [-0.15, -0.1) is 5.10 Å². The number of ether oxygens (including phenoxy) is 1. The van der Waals surface area contributed by atoms with Crippen molar-refractivity contribution in [2.75, 3.05) is 33.3 Å². The molecule has 0 N–H and O–H groups in total. The third-order valence-electron chi connectivity index (χ3n) is 5.29. The molecule has 4 rings (SSSR count). The van der Waals surface area contributed by atoms with Crippen LogP contribution in [0.3, 0.4) is 0 Å². The van der Waals surface area contributed by atoms with Gasteiger partial charge in [-0.05, 0) is 24.3 Å². The van der Waals surface area contributed by atoms with Crippen LogP contribution in [-0.2, 0) is 13.1 Å². The Bertz CT molecular complexity index is 1000. The van der Waals surface area contributed by atoms with Crippen LogP contribution in [0.1, 0.15) is 11.3 Å². The van der Waals surface area contributed by atoms with Crippen LogP contribution >= 0.6 is 11.6 Å². The lowest BCUT2D eigenvalue weighted by Gasteiger charge is -2.34. The quantitative estimate of drug-likeness (QED) is 0.595. The Morgan fingerprint density at radius 3 is 2.40 bits per heavy atom. The summed E-state index contributed by atoms with van der Waals surface area (Å²) >= 11 is 6.15. The maximum absolute atomic E-state index is 14.1. The molecule has 1 aromatic heterocycles. The molecular formula is C21H22ClF2N5O. The van der Waals surface area contributed by atoms with Crippen LogP contribution in [0, 0.1) is 11.6 Å². The molecule has 0 saturated carbocycles. The predicted molar refractivity (Wildman–Crippen MR) is 110 cm³/mol. The molecule has 6 nitrogen and oxygen atoms in total. The van der Waals surface area contributed by atoms with Crippen LogP contribution in [-0.4, -0.2) is 58.1 Å². The molecule has 0 bridgehead atoms. The average molecular weight is 434 g/mol. The van der Waals surface area contributed by atoms with Crippen molar-refractivity contribution in [2.24, 2.45) is 0 Å². The molecule has 0 radical (unpaired) electrons. The number of aromatic nitrogens is 3. The Kier molecular flexibility index (Phi) is 6.26. The highest BCUT2D eigenvalue weighted by Crippen LogP contribution is 2.23. The molecule has 1 fully saturated rings.